The summed E-state index contributed by atoms with van der Waals surface area (Å²) in [5, 5.41) is 18.0. The average Bonchev–Trinajstić information content (AvgIpc) is 3.20. The maximum absolute atomic E-state index is 6.84. The SMILES string of the molecule is Cc1cc([C@@]2(CN)[C@@H]3CCN(c4cnc5c(-c6ccc7nn(C)c(C)c7c6Cl)[nH]nc5n4)C[C@@H]32)no1. The van der Waals surface area contributed by atoms with Crippen molar-refractivity contribution < 1.29 is 4.52 Å². The molecule has 1 aliphatic carbocycles. The number of aryl methyl sites for hydroxylation is 3. The van der Waals surface area contributed by atoms with Gasteiger partial charge in [-0.25, -0.2) is 9.97 Å². The maximum Gasteiger partial charge on any atom is 0.202 e. The van der Waals surface area contributed by atoms with E-state index in [0.717, 1.165) is 64.6 Å². The number of hydrogen-bond donors (Lipinski definition) is 2. The van der Waals surface area contributed by atoms with Gasteiger partial charge in [-0.1, -0.05) is 16.8 Å². The highest BCUT2D eigenvalue weighted by atomic mass is 35.5. The molecule has 3 atom stereocenters. The van der Waals surface area contributed by atoms with E-state index in [1.54, 1.807) is 0 Å². The normalized spacial score (nSPS) is 23.5. The number of nitrogens with zero attached hydrogens (tertiary/aromatic N) is 7. The van der Waals surface area contributed by atoms with Crippen molar-refractivity contribution in [3.8, 4) is 11.3 Å². The highest BCUT2D eigenvalue weighted by Crippen LogP contribution is 2.62. The number of fused-ring (bicyclic) bond motifs is 3. The van der Waals surface area contributed by atoms with Crippen LogP contribution in [0.4, 0.5) is 5.82 Å². The molecule has 5 aromatic rings. The van der Waals surface area contributed by atoms with Crippen LogP contribution >= 0.6 is 11.6 Å². The highest BCUT2D eigenvalue weighted by Gasteiger charge is 2.67. The predicted molar refractivity (Wildman–Crippen MR) is 137 cm³/mol. The zero-order chi connectivity index (χ0) is 24.8. The monoisotopic (exact) mass is 503 g/mol. The van der Waals surface area contributed by atoms with Crippen LogP contribution in [0.2, 0.25) is 5.02 Å². The van der Waals surface area contributed by atoms with E-state index in [-0.39, 0.29) is 5.41 Å². The lowest BCUT2D eigenvalue weighted by molar-refractivity contribution is 0.379. The first-order valence-corrected chi connectivity index (χ1v) is 12.5. The molecular formula is C25H26ClN9O. The quantitative estimate of drug-likeness (QED) is 0.381. The van der Waals surface area contributed by atoms with Gasteiger partial charge in [-0.15, -0.1) is 0 Å². The molecule has 0 bridgehead atoms. The second-order valence-electron chi connectivity index (χ2n) is 10.0. The Morgan fingerprint density at radius 1 is 1.28 bits per heavy atom. The number of piperidine rings is 1. The largest absolute Gasteiger partial charge is 0.361 e. The van der Waals surface area contributed by atoms with Crippen molar-refractivity contribution in [2.45, 2.75) is 25.7 Å². The number of H-pyrrole nitrogens is 1. The minimum absolute atomic E-state index is 0.108. The summed E-state index contributed by atoms with van der Waals surface area (Å²) in [7, 11) is 1.92. The molecule has 0 radical (unpaired) electrons. The third-order valence-electron chi connectivity index (χ3n) is 8.34. The molecule has 4 aromatic heterocycles. The Morgan fingerprint density at radius 3 is 2.92 bits per heavy atom. The Hall–Kier alpha value is -3.50. The number of aromatic amines is 1. The van der Waals surface area contributed by atoms with Crippen LogP contribution in [0.5, 0.6) is 0 Å². The maximum atomic E-state index is 6.84. The van der Waals surface area contributed by atoms with Crippen LogP contribution in [-0.4, -0.2) is 54.7 Å². The van der Waals surface area contributed by atoms with E-state index in [9.17, 15) is 0 Å². The van der Waals surface area contributed by atoms with Gasteiger partial charge in [-0.3, -0.25) is 9.78 Å². The Bertz CT molecular complexity index is 1650. The number of nitrogens with one attached hydrogen (secondary N) is 1. The van der Waals surface area contributed by atoms with Crippen molar-refractivity contribution in [1.29, 1.82) is 0 Å². The fourth-order valence-corrected chi connectivity index (χ4v) is 6.66. The van der Waals surface area contributed by atoms with Crippen molar-refractivity contribution in [2.75, 3.05) is 24.5 Å². The van der Waals surface area contributed by atoms with Gasteiger partial charge >= 0.3 is 0 Å². The summed E-state index contributed by atoms with van der Waals surface area (Å²) < 4.78 is 7.21. The van der Waals surface area contributed by atoms with Gasteiger partial charge in [0.2, 0.25) is 5.65 Å². The Labute approximate surface area is 211 Å². The molecule has 11 heteroatoms. The Balaban J connectivity index is 1.20. The van der Waals surface area contributed by atoms with E-state index in [1.807, 2.05) is 50.0 Å². The first-order chi connectivity index (χ1) is 17.4. The topological polar surface area (TPSA) is 128 Å². The number of halogens is 1. The fourth-order valence-electron chi connectivity index (χ4n) is 6.27. The molecule has 10 nitrogen and oxygen atoms in total. The van der Waals surface area contributed by atoms with Gasteiger partial charge in [0.1, 0.15) is 17.1 Å². The van der Waals surface area contributed by atoms with Crippen molar-refractivity contribution in [3.63, 3.8) is 0 Å². The second kappa shape index (κ2) is 7.50. The zero-order valence-corrected chi connectivity index (χ0v) is 21.0. The van der Waals surface area contributed by atoms with E-state index < -0.39 is 0 Å². The van der Waals surface area contributed by atoms with E-state index >= 15 is 0 Å². The second-order valence-corrected chi connectivity index (χ2v) is 10.4. The Kier molecular flexibility index (Phi) is 4.53. The molecule has 1 aliphatic heterocycles. The molecule has 0 amide bonds. The summed E-state index contributed by atoms with van der Waals surface area (Å²) in [5.41, 5.74) is 11.9. The first kappa shape index (κ1) is 21.8. The molecule has 0 spiro atoms. The molecule has 5 heterocycles. The lowest BCUT2D eigenvalue weighted by Crippen LogP contribution is -2.32. The summed E-state index contributed by atoms with van der Waals surface area (Å²) in [6.45, 7) is 6.24. The van der Waals surface area contributed by atoms with Crippen LogP contribution in [0, 0.1) is 25.7 Å². The van der Waals surface area contributed by atoms with Gasteiger partial charge < -0.3 is 15.2 Å². The van der Waals surface area contributed by atoms with Gasteiger partial charge in [-0.05, 0) is 44.2 Å². The third-order valence-corrected chi connectivity index (χ3v) is 8.73. The van der Waals surface area contributed by atoms with Gasteiger partial charge in [0.05, 0.1) is 28.1 Å². The highest BCUT2D eigenvalue weighted by molar-refractivity contribution is 6.38. The number of rotatable bonds is 4. The van der Waals surface area contributed by atoms with Crippen LogP contribution in [0.15, 0.2) is 28.9 Å². The summed E-state index contributed by atoms with van der Waals surface area (Å²) in [4.78, 5) is 11.9. The molecular weight excluding hydrogens is 478 g/mol. The lowest BCUT2D eigenvalue weighted by atomic mass is 9.97. The number of hydrogen-bond acceptors (Lipinski definition) is 8. The molecule has 2 fully saturated rings. The van der Waals surface area contributed by atoms with Crippen molar-refractivity contribution in [1.82, 2.24) is 35.1 Å². The van der Waals surface area contributed by atoms with Gasteiger partial charge in [0.25, 0.3) is 0 Å². The molecule has 0 unspecified atom stereocenters. The summed E-state index contributed by atoms with van der Waals surface area (Å²) in [6, 6.07) is 5.95. The molecule has 1 aromatic carbocycles. The van der Waals surface area contributed by atoms with Crippen LogP contribution in [0.25, 0.3) is 33.3 Å². The van der Waals surface area contributed by atoms with Gasteiger partial charge in [-0.2, -0.15) is 10.2 Å². The van der Waals surface area contributed by atoms with Gasteiger partial charge in [0.15, 0.2) is 0 Å². The number of aromatic nitrogens is 7. The van der Waals surface area contributed by atoms with Crippen LogP contribution < -0.4 is 10.6 Å². The molecule has 1 saturated carbocycles. The molecule has 36 heavy (non-hydrogen) atoms. The number of anilines is 1. The average molecular weight is 504 g/mol. The van der Waals surface area contributed by atoms with Crippen molar-refractivity contribution in [3.05, 3.63) is 46.6 Å². The smallest absolute Gasteiger partial charge is 0.202 e. The van der Waals surface area contributed by atoms with E-state index in [0.29, 0.717) is 34.6 Å². The minimum Gasteiger partial charge on any atom is -0.361 e. The van der Waals surface area contributed by atoms with E-state index in [4.69, 9.17) is 31.8 Å². The fraction of sp³-hybridized carbons (Fsp3) is 0.400. The first-order valence-electron chi connectivity index (χ1n) is 12.1. The standard InChI is InChI=1S/C25H26ClN9O/c1-12-8-18(33-36-12)25(11-27)15-6-7-35(10-16(15)25)19-9-28-23-22(30-31-24(23)29-19)14-4-5-17-20(21(14)26)13(2)34(3)32-17/h4-5,8-9,15-16H,6-7,10-11,27H2,1-3H3,(H,29,30,31)/t15-,16+,25+/m1/s1. The summed E-state index contributed by atoms with van der Waals surface area (Å²) in [6.07, 6.45) is 2.86. The predicted octanol–water partition coefficient (Wildman–Crippen LogP) is 3.52. The van der Waals surface area contributed by atoms with Crippen molar-refractivity contribution in [2.24, 2.45) is 24.6 Å². The molecule has 7 rings (SSSR count). The number of benzene rings is 1. The third kappa shape index (κ3) is 2.85. The van der Waals surface area contributed by atoms with E-state index in [1.165, 1.54) is 0 Å². The summed E-state index contributed by atoms with van der Waals surface area (Å²) >= 11 is 6.84. The number of nitrogens with two attached hydrogens (primary N) is 1. The minimum atomic E-state index is -0.108. The lowest BCUT2D eigenvalue weighted by Gasteiger charge is -2.26. The Morgan fingerprint density at radius 2 is 2.14 bits per heavy atom. The molecule has 184 valence electrons. The van der Waals surface area contributed by atoms with E-state index in [2.05, 4.69) is 25.4 Å². The molecule has 1 saturated heterocycles. The van der Waals surface area contributed by atoms with Gasteiger partial charge in [0, 0.05) is 54.8 Å². The van der Waals surface area contributed by atoms with Crippen LogP contribution in [-0.2, 0) is 12.5 Å². The van der Waals surface area contributed by atoms with Crippen LogP contribution in [0.1, 0.15) is 23.6 Å². The van der Waals surface area contributed by atoms with Crippen molar-refractivity contribution >= 4 is 39.5 Å². The zero-order valence-electron chi connectivity index (χ0n) is 20.3. The van der Waals surface area contributed by atoms with Crippen LogP contribution in [0.3, 0.4) is 0 Å². The molecule has 2 aliphatic rings. The summed E-state index contributed by atoms with van der Waals surface area (Å²) in [5.74, 6) is 2.57. The molecule has 3 N–H and O–H groups in total.